The molecular formula is C18H25NO6. The van der Waals surface area contributed by atoms with Crippen molar-refractivity contribution in [2.24, 2.45) is 5.41 Å². The first-order valence-electron chi connectivity index (χ1n) is 8.02. The molecule has 25 heavy (non-hydrogen) atoms. The van der Waals surface area contributed by atoms with Crippen LogP contribution >= 0.6 is 0 Å². The number of carboxylic acids is 2. The summed E-state index contributed by atoms with van der Waals surface area (Å²) in [5, 5.41) is 18.3. The Morgan fingerprint density at radius 1 is 1.12 bits per heavy atom. The van der Waals surface area contributed by atoms with Crippen LogP contribution in [-0.2, 0) is 20.9 Å². The third-order valence-corrected chi connectivity index (χ3v) is 3.57. The van der Waals surface area contributed by atoms with E-state index >= 15 is 0 Å². The first kappa shape index (κ1) is 20.5. The summed E-state index contributed by atoms with van der Waals surface area (Å²) in [6.45, 7) is 5.95. The Morgan fingerprint density at radius 2 is 1.72 bits per heavy atom. The van der Waals surface area contributed by atoms with Gasteiger partial charge in [0.2, 0.25) is 0 Å². The largest absolute Gasteiger partial charge is 0.481 e. The van der Waals surface area contributed by atoms with Crippen LogP contribution in [0.4, 0.5) is 4.79 Å². The molecule has 138 valence electrons. The second kappa shape index (κ2) is 9.05. The minimum atomic E-state index is -1.47. The molecule has 0 aliphatic heterocycles. The Kier molecular flexibility index (Phi) is 7.42. The van der Waals surface area contributed by atoms with E-state index in [-0.39, 0.29) is 18.6 Å². The van der Waals surface area contributed by atoms with Crippen LogP contribution in [0.1, 0.15) is 39.2 Å². The van der Waals surface area contributed by atoms with Crippen LogP contribution < -0.4 is 0 Å². The Bertz CT molecular complexity index is 593. The first-order valence-corrected chi connectivity index (χ1v) is 8.02. The summed E-state index contributed by atoms with van der Waals surface area (Å²) in [4.78, 5) is 35.8. The van der Waals surface area contributed by atoms with Crippen molar-refractivity contribution in [3.63, 3.8) is 0 Å². The Labute approximate surface area is 147 Å². The maximum absolute atomic E-state index is 12.4. The maximum atomic E-state index is 12.4. The molecule has 0 unspecified atom stereocenters. The molecule has 0 radical (unpaired) electrons. The molecule has 7 nitrogen and oxygen atoms in total. The molecular weight excluding hydrogens is 326 g/mol. The van der Waals surface area contributed by atoms with E-state index in [1.165, 1.54) is 0 Å². The highest BCUT2D eigenvalue weighted by molar-refractivity contribution is 5.84. The molecule has 1 amide bonds. The van der Waals surface area contributed by atoms with Crippen LogP contribution in [0.5, 0.6) is 0 Å². The van der Waals surface area contributed by atoms with Crippen LogP contribution in [0.15, 0.2) is 30.3 Å². The Morgan fingerprint density at radius 3 is 2.20 bits per heavy atom. The number of carbonyl (C=O) groups is 3. The highest BCUT2D eigenvalue weighted by atomic mass is 16.6. The van der Waals surface area contributed by atoms with Crippen molar-refractivity contribution >= 4 is 18.0 Å². The second-order valence-electron chi connectivity index (χ2n) is 7.00. The highest BCUT2D eigenvalue weighted by Gasteiger charge is 2.33. The van der Waals surface area contributed by atoms with Crippen molar-refractivity contribution < 1.29 is 29.3 Å². The van der Waals surface area contributed by atoms with E-state index in [4.69, 9.17) is 9.84 Å². The van der Waals surface area contributed by atoms with Crippen molar-refractivity contribution in [2.75, 3.05) is 6.54 Å². The average molecular weight is 351 g/mol. The minimum absolute atomic E-state index is 0.00883. The zero-order valence-corrected chi connectivity index (χ0v) is 14.8. The Balaban J connectivity index is 2.88. The monoisotopic (exact) mass is 351 g/mol. The second-order valence-corrected chi connectivity index (χ2v) is 7.00. The lowest BCUT2D eigenvalue weighted by Gasteiger charge is -2.30. The van der Waals surface area contributed by atoms with E-state index < -0.39 is 30.5 Å². The molecule has 1 aromatic carbocycles. The lowest BCUT2D eigenvalue weighted by Crippen LogP contribution is -2.47. The van der Waals surface area contributed by atoms with Crippen LogP contribution in [0, 0.1) is 5.41 Å². The molecule has 0 saturated heterocycles. The van der Waals surface area contributed by atoms with Crippen LogP contribution in [0.25, 0.3) is 0 Å². The number of hydrogen-bond acceptors (Lipinski definition) is 4. The molecule has 0 saturated carbocycles. The van der Waals surface area contributed by atoms with Gasteiger partial charge in [-0.25, -0.2) is 9.59 Å². The molecule has 0 heterocycles. The molecule has 7 heteroatoms. The van der Waals surface area contributed by atoms with E-state index in [2.05, 4.69) is 0 Å². The number of carbonyl (C=O) groups excluding carboxylic acids is 1. The third kappa shape index (κ3) is 7.69. The van der Waals surface area contributed by atoms with Gasteiger partial charge >= 0.3 is 18.0 Å². The summed E-state index contributed by atoms with van der Waals surface area (Å²) in [6, 6.07) is 7.50. The van der Waals surface area contributed by atoms with E-state index in [0.717, 1.165) is 10.5 Å². The molecule has 0 spiro atoms. The van der Waals surface area contributed by atoms with Gasteiger partial charge in [0.05, 0.1) is 6.42 Å². The SMILES string of the molecule is CC(C)(C)CCN(C(=O)OCc1ccccc1)[C@@H](CC(=O)O)C(=O)O. The van der Waals surface area contributed by atoms with Crippen molar-refractivity contribution in [3.05, 3.63) is 35.9 Å². The van der Waals surface area contributed by atoms with Crippen molar-refractivity contribution in [2.45, 2.75) is 46.3 Å². The van der Waals surface area contributed by atoms with Gasteiger partial charge in [-0.15, -0.1) is 0 Å². The van der Waals surface area contributed by atoms with Crippen LogP contribution in [0.2, 0.25) is 0 Å². The van der Waals surface area contributed by atoms with Gasteiger partial charge < -0.3 is 14.9 Å². The molecule has 1 atom stereocenters. The van der Waals surface area contributed by atoms with Crippen molar-refractivity contribution in [1.82, 2.24) is 4.90 Å². The highest BCUT2D eigenvalue weighted by Crippen LogP contribution is 2.21. The van der Waals surface area contributed by atoms with Gasteiger partial charge in [-0.1, -0.05) is 51.1 Å². The van der Waals surface area contributed by atoms with Gasteiger partial charge in [-0.2, -0.15) is 0 Å². The normalized spacial score (nSPS) is 12.3. The Hall–Kier alpha value is -2.57. The van der Waals surface area contributed by atoms with Gasteiger partial charge in [0.1, 0.15) is 12.6 Å². The smallest absolute Gasteiger partial charge is 0.410 e. The third-order valence-electron chi connectivity index (χ3n) is 3.57. The standard InChI is InChI=1S/C18H25NO6/c1-18(2,3)9-10-19(14(16(22)23)11-15(20)21)17(24)25-12-13-7-5-4-6-8-13/h4-8,14H,9-12H2,1-3H3,(H,20,21)(H,22,23)/t14-/m0/s1. The predicted octanol–water partition coefficient (Wildman–Crippen LogP) is 2.99. The summed E-state index contributed by atoms with van der Waals surface area (Å²) in [5.41, 5.74) is 0.612. The number of rotatable bonds is 8. The van der Waals surface area contributed by atoms with Crippen molar-refractivity contribution in [3.8, 4) is 0 Å². The lowest BCUT2D eigenvalue weighted by atomic mass is 9.92. The molecule has 2 N–H and O–H groups in total. The lowest BCUT2D eigenvalue weighted by molar-refractivity contribution is -0.149. The molecule has 0 aliphatic rings. The molecule has 0 fully saturated rings. The number of aliphatic carboxylic acids is 2. The summed E-state index contributed by atoms with van der Waals surface area (Å²) < 4.78 is 5.20. The van der Waals surface area contributed by atoms with Gasteiger partial charge in [0.15, 0.2) is 0 Å². The number of carboxylic acid groups (broad SMARTS) is 2. The molecule has 0 aliphatic carbocycles. The summed E-state index contributed by atoms with van der Waals surface area (Å²) in [6.07, 6.45) is -1.00. The van der Waals surface area contributed by atoms with Crippen molar-refractivity contribution in [1.29, 1.82) is 0 Å². The molecule has 1 rings (SSSR count). The number of benzene rings is 1. The quantitative estimate of drug-likeness (QED) is 0.746. The number of ether oxygens (including phenoxy) is 1. The van der Waals surface area contributed by atoms with Gasteiger partial charge in [-0.3, -0.25) is 9.69 Å². The van der Waals surface area contributed by atoms with Gasteiger partial charge in [0, 0.05) is 6.54 Å². The fourth-order valence-corrected chi connectivity index (χ4v) is 2.13. The van der Waals surface area contributed by atoms with E-state index in [0.29, 0.717) is 6.42 Å². The molecule has 0 aromatic heterocycles. The summed E-state index contributed by atoms with van der Waals surface area (Å²) in [5.74, 6) is -2.66. The minimum Gasteiger partial charge on any atom is -0.481 e. The van der Waals surface area contributed by atoms with Crippen LogP contribution in [0.3, 0.4) is 0 Å². The molecule has 0 bridgehead atoms. The summed E-state index contributed by atoms with van der Waals surface area (Å²) in [7, 11) is 0. The number of nitrogens with zero attached hydrogens (tertiary/aromatic N) is 1. The fourth-order valence-electron chi connectivity index (χ4n) is 2.13. The van der Waals surface area contributed by atoms with E-state index in [1.807, 2.05) is 26.8 Å². The zero-order valence-electron chi connectivity index (χ0n) is 14.8. The maximum Gasteiger partial charge on any atom is 0.410 e. The van der Waals surface area contributed by atoms with E-state index in [9.17, 15) is 19.5 Å². The first-order chi connectivity index (χ1) is 11.6. The predicted molar refractivity (Wildman–Crippen MR) is 91.1 cm³/mol. The number of hydrogen-bond donors (Lipinski definition) is 2. The van der Waals surface area contributed by atoms with Gasteiger partial charge in [0.25, 0.3) is 0 Å². The van der Waals surface area contributed by atoms with Gasteiger partial charge in [-0.05, 0) is 17.4 Å². The average Bonchev–Trinajstić information content (AvgIpc) is 2.51. The summed E-state index contributed by atoms with van der Waals surface area (Å²) >= 11 is 0. The molecule has 1 aromatic rings. The zero-order chi connectivity index (χ0) is 19.0. The van der Waals surface area contributed by atoms with Crippen LogP contribution in [-0.4, -0.2) is 45.7 Å². The number of amides is 1. The topological polar surface area (TPSA) is 104 Å². The van der Waals surface area contributed by atoms with E-state index in [1.54, 1.807) is 24.3 Å². The fraction of sp³-hybridized carbons (Fsp3) is 0.500.